The first-order chi connectivity index (χ1) is 30.0. The van der Waals surface area contributed by atoms with Crippen LogP contribution in [0.25, 0.3) is 38.6 Å². The normalized spacial score (nSPS) is 13.0. The van der Waals surface area contributed by atoms with Crippen LogP contribution in [0.5, 0.6) is 0 Å². The fourth-order valence-electron chi connectivity index (χ4n) is 8.39. The van der Waals surface area contributed by atoms with Crippen LogP contribution in [0.15, 0.2) is 224 Å². The van der Waals surface area contributed by atoms with E-state index in [-0.39, 0.29) is 0 Å². The second-order valence-corrected chi connectivity index (χ2v) is 16.3. The third kappa shape index (κ3) is 10.4. The summed E-state index contributed by atoms with van der Waals surface area (Å²) in [7, 11) is 0. The van der Waals surface area contributed by atoms with Gasteiger partial charge in [0.1, 0.15) is 0 Å². The van der Waals surface area contributed by atoms with E-state index in [0.717, 1.165) is 25.7 Å². The summed E-state index contributed by atoms with van der Waals surface area (Å²) in [4.78, 5) is 0. The van der Waals surface area contributed by atoms with E-state index >= 15 is 0 Å². The number of para-hydroxylation sites is 2. The molecule has 1 atom stereocenters. The highest BCUT2D eigenvalue weighted by atomic mass is 15.0. The topological polar surface area (TPSA) is 4.93 Å². The molecule has 1 aliphatic carbocycles. The van der Waals surface area contributed by atoms with Crippen LogP contribution in [0.4, 0.5) is 0 Å². The summed E-state index contributed by atoms with van der Waals surface area (Å²) in [5.41, 5.74) is 17.4. The fourth-order valence-corrected chi connectivity index (χ4v) is 8.39. The minimum absolute atomic E-state index is 0.595. The summed E-state index contributed by atoms with van der Waals surface area (Å²) in [5, 5.41) is 2.62. The Hall–Kier alpha value is -6.96. The lowest BCUT2D eigenvalue weighted by Crippen LogP contribution is -2.04. The number of hydrogen-bond acceptors (Lipinski definition) is 0. The van der Waals surface area contributed by atoms with E-state index in [1.54, 1.807) is 0 Å². The first kappa shape index (κ1) is 40.8. The van der Waals surface area contributed by atoms with Gasteiger partial charge in [-0.15, -0.1) is 0 Å². The zero-order valence-corrected chi connectivity index (χ0v) is 35.7. The standard InChI is InChI=1S/C27H26.C25H19N.C8H10/c1-21-10-8-9-15-26(21)27-20-24(18-22-11-4-2-5-12-22)16-17-25(27)19-23-13-6-3-7-14-23;1-3-9-19(10-4-1)17-20-15-16-25-23(18-20)22-13-7-8-14-24(22)26(25)21-11-5-2-6-12-21;1-7-3-5-8(2)6-4-7/h2-13,15-17,20,23H,14,18-19H2,1H3;1-16,18H,17H2;3-6H,1-2H3. The third-order valence-corrected chi connectivity index (χ3v) is 11.6. The second-order valence-electron chi connectivity index (χ2n) is 16.3. The summed E-state index contributed by atoms with van der Waals surface area (Å²) in [6.45, 7) is 6.41. The van der Waals surface area contributed by atoms with Gasteiger partial charge >= 0.3 is 0 Å². The van der Waals surface area contributed by atoms with Gasteiger partial charge in [0.2, 0.25) is 0 Å². The maximum absolute atomic E-state index is 2.41. The Labute approximate surface area is 363 Å². The Morgan fingerprint density at radius 3 is 1.64 bits per heavy atom. The molecule has 1 heteroatoms. The lowest BCUT2D eigenvalue weighted by Gasteiger charge is -2.18. The van der Waals surface area contributed by atoms with Crippen LogP contribution in [0, 0.1) is 26.7 Å². The molecule has 9 aromatic rings. The molecule has 0 aliphatic heterocycles. The maximum atomic E-state index is 2.41. The van der Waals surface area contributed by atoms with E-state index < -0.39 is 0 Å². The lowest BCUT2D eigenvalue weighted by molar-refractivity contribution is 0.654. The number of fused-ring (bicyclic) bond motifs is 3. The van der Waals surface area contributed by atoms with Crippen molar-refractivity contribution in [1.82, 2.24) is 4.57 Å². The molecule has 0 saturated carbocycles. The van der Waals surface area contributed by atoms with Gasteiger partial charge in [-0.3, -0.25) is 0 Å². The van der Waals surface area contributed by atoms with Gasteiger partial charge in [0.05, 0.1) is 11.0 Å². The maximum Gasteiger partial charge on any atom is 0.0541 e. The summed E-state index contributed by atoms with van der Waals surface area (Å²) < 4.78 is 2.36. The van der Waals surface area contributed by atoms with E-state index in [9.17, 15) is 0 Å². The predicted molar refractivity (Wildman–Crippen MR) is 262 cm³/mol. The Balaban J connectivity index is 0.000000143. The number of nitrogens with zero attached hydrogens (tertiary/aromatic N) is 1. The van der Waals surface area contributed by atoms with Crippen LogP contribution in [0.3, 0.4) is 0 Å². The van der Waals surface area contributed by atoms with Gasteiger partial charge in [-0.2, -0.15) is 0 Å². The molecule has 1 nitrogen and oxygen atoms in total. The van der Waals surface area contributed by atoms with Crippen LogP contribution in [-0.4, -0.2) is 4.57 Å². The largest absolute Gasteiger partial charge is 0.309 e. The van der Waals surface area contributed by atoms with Crippen molar-refractivity contribution < 1.29 is 0 Å². The van der Waals surface area contributed by atoms with Gasteiger partial charge in [-0.1, -0.05) is 205 Å². The molecule has 8 aromatic carbocycles. The van der Waals surface area contributed by atoms with Crippen LogP contribution in [0.2, 0.25) is 0 Å². The van der Waals surface area contributed by atoms with Crippen molar-refractivity contribution >= 4 is 21.8 Å². The summed E-state index contributed by atoms with van der Waals surface area (Å²) >= 11 is 0. The number of aryl methyl sites for hydroxylation is 3. The van der Waals surface area contributed by atoms with Crippen molar-refractivity contribution in [2.75, 3.05) is 0 Å². The van der Waals surface area contributed by atoms with E-state index in [1.165, 1.54) is 83.1 Å². The highest BCUT2D eigenvalue weighted by Crippen LogP contribution is 2.34. The Morgan fingerprint density at radius 1 is 0.443 bits per heavy atom. The molecule has 1 aliphatic rings. The zero-order chi connectivity index (χ0) is 41.8. The molecule has 0 fully saturated rings. The van der Waals surface area contributed by atoms with Gasteiger partial charge in [0.15, 0.2) is 0 Å². The predicted octanol–water partition coefficient (Wildman–Crippen LogP) is 15.6. The van der Waals surface area contributed by atoms with Crippen molar-refractivity contribution in [3.8, 4) is 16.8 Å². The smallest absolute Gasteiger partial charge is 0.0541 e. The Kier molecular flexibility index (Phi) is 13.3. The molecule has 0 amide bonds. The van der Waals surface area contributed by atoms with Crippen LogP contribution < -0.4 is 0 Å². The number of rotatable bonds is 8. The number of allylic oxidation sites excluding steroid dienone is 4. The zero-order valence-electron chi connectivity index (χ0n) is 35.7. The first-order valence-electron chi connectivity index (χ1n) is 21.7. The Morgan fingerprint density at radius 2 is 1.00 bits per heavy atom. The lowest BCUT2D eigenvalue weighted by atomic mass is 9.86. The molecule has 0 radical (unpaired) electrons. The number of aromatic nitrogens is 1. The molecular formula is C60H55N. The summed E-state index contributed by atoms with van der Waals surface area (Å²) in [5.74, 6) is 0.595. The van der Waals surface area contributed by atoms with Crippen molar-refractivity contribution in [2.45, 2.75) is 46.5 Å². The molecule has 0 saturated heterocycles. The number of benzene rings is 8. The summed E-state index contributed by atoms with van der Waals surface area (Å²) in [6, 6.07) is 71.9. The van der Waals surface area contributed by atoms with Crippen LogP contribution >= 0.6 is 0 Å². The van der Waals surface area contributed by atoms with E-state index in [1.807, 2.05) is 0 Å². The van der Waals surface area contributed by atoms with E-state index in [4.69, 9.17) is 0 Å². The first-order valence-corrected chi connectivity index (χ1v) is 21.7. The van der Waals surface area contributed by atoms with Crippen LogP contribution in [0.1, 0.15) is 50.9 Å². The fraction of sp³-hybridized carbons (Fsp3) is 0.133. The van der Waals surface area contributed by atoms with Crippen molar-refractivity contribution in [3.05, 3.63) is 269 Å². The molecule has 300 valence electrons. The van der Waals surface area contributed by atoms with Crippen molar-refractivity contribution in [1.29, 1.82) is 0 Å². The SMILES string of the molecule is Cc1ccc(C)cc1.Cc1ccccc1-c1cc(Cc2ccccc2)ccc1CC1C=CC=CC1.c1ccc(Cc2ccc3c(c2)c2ccccc2n3-c2ccccc2)cc1. The van der Waals surface area contributed by atoms with Gasteiger partial charge in [-0.05, 0) is 127 Å². The molecule has 1 unspecified atom stereocenters. The second kappa shape index (κ2) is 19.9. The monoisotopic (exact) mass is 789 g/mol. The molecule has 1 heterocycles. The third-order valence-electron chi connectivity index (χ3n) is 11.6. The molecular weight excluding hydrogens is 735 g/mol. The highest BCUT2D eigenvalue weighted by molar-refractivity contribution is 6.09. The highest BCUT2D eigenvalue weighted by Gasteiger charge is 2.15. The van der Waals surface area contributed by atoms with Crippen LogP contribution in [-0.2, 0) is 19.3 Å². The molecule has 1 aromatic heterocycles. The van der Waals surface area contributed by atoms with Gasteiger partial charge in [0, 0.05) is 16.5 Å². The molecule has 10 rings (SSSR count). The minimum atomic E-state index is 0.595. The quantitative estimate of drug-likeness (QED) is 0.144. The van der Waals surface area contributed by atoms with Crippen molar-refractivity contribution in [2.24, 2.45) is 5.92 Å². The van der Waals surface area contributed by atoms with Gasteiger partial charge in [0.25, 0.3) is 0 Å². The molecule has 0 spiro atoms. The van der Waals surface area contributed by atoms with E-state index in [2.05, 4.69) is 250 Å². The van der Waals surface area contributed by atoms with Crippen molar-refractivity contribution in [3.63, 3.8) is 0 Å². The summed E-state index contributed by atoms with van der Waals surface area (Å²) in [6.07, 6.45) is 13.1. The Bertz CT molecular complexity index is 2840. The molecule has 61 heavy (non-hydrogen) atoms. The minimum Gasteiger partial charge on any atom is -0.309 e. The molecule has 0 N–H and O–H groups in total. The molecule has 0 bridgehead atoms. The number of hydrogen-bond donors (Lipinski definition) is 0. The van der Waals surface area contributed by atoms with E-state index in [0.29, 0.717) is 5.92 Å². The van der Waals surface area contributed by atoms with Gasteiger partial charge < -0.3 is 4.57 Å². The average Bonchev–Trinajstić information content (AvgIpc) is 3.63. The van der Waals surface area contributed by atoms with Gasteiger partial charge in [-0.25, -0.2) is 0 Å². The average molecular weight is 790 g/mol.